The number of tetrazole rings is 1. The molecule has 0 amide bonds. The Hall–Kier alpha value is -4.52. The zero-order chi connectivity index (χ0) is 24.5. The molecule has 0 spiro atoms. The van der Waals surface area contributed by atoms with E-state index in [0.717, 1.165) is 63.6 Å². The van der Waals surface area contributed by atoms with Crippen LogP contribution in [0.2, 0.25) is 0 Å². The SMILES string of the molecule is CCc1nc(-c2ccccc2)cn1Cc1ccc2c(c1)COc1ccccc1C2=C(C)c1nn[nH]n1. The number of nitrogens with zero attached hydrogens (tertiary/aromatic N) is 5. The summed E-state index contributed by atoms with van der Waals surface area (Å²) in [5.41, 5.74) is 8.63. The van der Waals surface area contributed by atoms with E-state index in [-0.39, 0.29) is 0 Å². The first-order valence-electron chi connectivity index (χ1n) is 12.1. The van der Waals surface area contributed by atoms with Crippen molar-refractivity contribution >= 4 is 11.1 Å². The molecule has 1 N–H and O–H groups in total. The van der Waals surface area contributed by atoms with Crippen LogP contribution in [0.15, 0.2) is 79.0 Å². The lowest BCUT2D eigenvalue weighted by molar-refractivity contribution is 0.307. The highest BCUT2D eigenvalue weighted by molar-refractivity contribution is 5.99. The van der Waals surface area contributed by atoms with Crippen molar-refractivity contribution < 1.29 is 4.74 Å². The summed E-state index contributed by atoms with van der Waals surface area (Å²) >= 11 is 0. The van der Waals surface area contributed by atoms with Crippen LogP contribution in [0.3, 0.4) is 0 Å². The maximum Gasteiger partial charge on any atom is 0.201 e. The van der Waals surface area contributed by atoms with Gasteiger partial charge < -0.3 is 9.30 Å². The Labute approximate surface area is 209 Å². The molecule has 3 heterocycles. The maximum absolute atomic E-state index is 6.27. The van der Waals surface area contributed by atoms with Crippen molar-refractivity contribution in [2.75, 3.05) is 0 Å². The number of ether oxygens (including phenoxy) is 1. The number of allylic oxidation sites excluding steroid dienone is 1. The highest BCUT2D eigenvalue weighted by atomic mass is 16.5. The largest absolute Gasteiger partial charge is 0.488 e. The van der Waals surface area contributed by atoms with Crippen molar-refractivity contribution in [1.82, 2.24) is 30.2 Å². The molecule has 1 aliphatic heterocycles. The molecule has 7 nitrogen and oxygen atoms in total. The average molecular weight is 475 g/mol. The number of rotatable bonds is 5. The Bertz CT molecular complexity index is 1550. The molecule has 0 atom stereocenters. The van der Waals surface area contributed by atoms with Crippen LogP contribution < -0.4 is 4.74 Å². The Morgan fingerprint density at radius 2 is 1.83 bits per heavy atom. The van der Waals surface area contributed by atoms with Gasteiger partial charge in [-0.1, -0.05) is 67.6 Å². The summed E-state index contributed by atoms with van der Waals surface area (Å²) in [6.45, 7) is 5.41. The van der Waals surface area contributed by atoms with E-state index in [2.05, 4.69) is 74.7 Å². The minimum Gasteiger partial charge on any atom is -0.488 e. The zero-order valence-electron chi connectivity index (χ0n) is 20.3. The fourth-order valence-corrected chi connectivity index (χ4v) is 4.86. The summed E-state index contributed by atoms with van der Waals surface area (Å²) < 4.78 is 8.51. The third kappa shape index (κ3) is 3.98. The van der Waals surface area contributed by atoms with E-state index in [1.165, 1.54) is 5.56 Å². The lowest BCUT2D eigenvalue weighted by Gasteiger charge is -2.14. The van der Waals surface area contributed by atoms with Crippen LogP contribution in [0, 0.1) is 0 Å². The zero-order valence-corrected chi connectivity index (χ0v) is 20.3. The molecule has 3 aromatic carbocycles. The van der Waals surface area contributed by atoms with Gasteiger partial charge in [-0.05, 0) is 46.5 Å². The summed E-state index contributed by atoms with van der Waals surface area (Å²) in [6.07, 6.45) is 3.02. The number of para-hydroxylation sites is 1. The number of imidazole rings is 1. The first kappa shape index (κ1) is 22.0. The molecule has 36 heavy (non-hydrogen) atoms. The second-order valence-electron chi connectivity index (χ2n) is 8.90. The predicted molar refractivity (Wildman–Crippen MR) is 139 cm³/mol. The van der Waals surface area contributed by atoms with E-state index in [9.17, 15) is 0 Å². The smallest absolute Gasteiger partial charge is 0.201 e. The van der Waals surface area contributed by atoms with Gasteiger partial charge in [-0.25, -0.2) is 4.98 Å². The molecule has 178 valence electrons. The minimum absolute atomic E-state index is 0.489. The fourth-order valence-electron chi connectivity index (χ4n) is 4.86. The van der Waals surface area contributed by atoms with E-state index >= 15 is 0 Å². The van der Waals surface area contributed by atoms with Crippen LogP contribution in [0.1, 0.15) is 47.8 Å². The van der Waals surface area contributed by atoms with E-state index in [1.54, 1.807) is 0 Å². The Balaban J connectivity index is 1.41. The van der Waals surface area contributed by atoms with Gasteiger partial charge in [0.1, 0.15) is 18.2 Å². The van der Waals surface area contributed by atoms with E-state index in [4.69, 9.17) is 9.72 Å². The second-order valence-corrected chi connectivity index (χ2v) is 8.90. The molecule has 0 radical (unpaired) electrons. The van der Waals surface area contributed by atoms with Crippen LogP contribution in [-0.4, -0.2) is 30.2 Å². The molecule has 0 unspecified atom stereocenters. The normalized spacial score (nSPS) is 13.9. The summed E-state index contributed by atoms with van der Waals surface area (Å²) in [5.74, 6) is 2.50. The number of H-pyrrole nitrogens is 1. The first-order chi connectivity index (χ1) is 17.7. The summed E-state index contributed by atoms with van der Waals surface area (Å²) in [7, 11) is 0. The topological polar surface area (TPSA) is 81.5 Å². The van der Waals surface area contributed by atoms with Crippen LogP contribution in [0.5, 0.6) is 5.75 Å². The molecule has 6 rings (SSSR count). The standard InChI is InChI=1S/C29H26N6O/c1-3-27-30-25(21-9-5-4-6-10-21)17-35(27)16-20-13-14-23-22(15-20)18-36-26-12-8-7-11-24(26)28(23)19(2)29-31-33-34-32-29/h4-15,17H,3,16,18H2,1-2H3,(H,31,32,33,34). The lowest BCUT2D eigenvalue weighted by atomic mass is 9.89. The van der Waals surface area contributed by atoms with Gasteiger partial charge in [-0.3, -0.25) is 0 Å². The van der Waals surface area contributed by atoms with Gasteiger partial charge in [-0.2, -0.15) is 5.21 Å². The summed E-state index contributed by atoms with van der Waals surface area (Å²) in [6, 6.07) is 25.1. The maximum atomic E-state index is 6.27. The van der Waals surface area contributed by atoms with Crippen LogP contribution in [0.25, 0.3) is 22.4 Å². The lowest BCUT2D eigenvalue weighted by Crippen LogP contribution is -2.05. The van der Waals surface area contributed by atoms with Crippen molar-refractivity contribution in [3.8, 4) is 17.0 Å². The van der Waals surface area contributed by atoms with Gasteiger partial charge in [0.15, 0.2) is 0 Å². The van der Waals surface area contributed by atoms with Crippen LogP contribution in [0.4, 0.5) is 0 Å². The molecule has 0 saturated carbocycles. The van der Waals surface area contributed by atoms with Gasteiger partial charge in [0.05, 0.1) is 5.69 Å². The molecule has 5 aromatic rings. The highest BCUT2D eigenvalue weighted by Crippen LogP contribution is 2.40. The van der Waals surface area contributed by atoms with Crippen LogP contribution in [-0.2, 0) is 19.6 Å². The number of benzene rings is 3. The average Bonchev–Trinajstić information content (AvgIpc) is 3.57. The number of fused-ring (bicyclic) bond motifs is 2. The van der Waals surface area contributed by atoms with Crippen molar-refractivity contribution in [3.63, 3.8) is 0 Å². The monoisotopic (exact) mass is 474 g/mol. The van der Waals surface area contributed by atoms with Gasteiger partial charge in [-0.15, -0.1) is 10.2 Å². The van der Waals surface area contributed by atoms with Gasteiger partial charge in [0, 0.05) is 35.9 Å². The Kier molecular flexibility index (Phi) is 5.65. The number of aryl methyl sites for hydroxylation is 1. The molecule has 0 fully saturated rings. The molecule has 0 bridgehead atoms. The predicted octanol–water partition coefficient (Wildman–Crippen LogP) is 5.55. The number of nitrogens with one attached hydrogen (secondary N) is 1. The fraction of sp³-hybridized carbons (Fsp3) is 0.172. The third-order valence-electron chi connectivity index (χ3n) is 6.63. The Morgan fingerprint density at radius 3 is 2.64 bits per heavy atom. The molecule has 0 aliphatic carbocycles. The van der Waals surface area contributed by atoms with Gasteiger partial charge in [0.25, 0.3) is 0 Å². The Morgan fingerprint density at radius 1 is 1.00 bits per heavy atom. The molecular formula is C29H26N6O. The van der Waals surface area contributed by atoms with E-state index in [1.807, 2.05) is 43.3 Å². The van der Waals surface area contributed by atoms with Gasteiger partial charge >= 0.3 is 0 Å². The van der Waals surface area contributed by atoms with E-state index < -0.39 is 0 Å². The molecule has 2 aromatic heterocycles. The molecule has 0 saturated heterocycles. The molecule has 7 heteroatoms. The molecule has 1 aliphatic rings. The third-order valence-corrected chi connectivity index (χ3v) is 6.63. The van der Waals surface area contributed by atoms with E-state index in [0.29, 0.717) is 12.4 Å². The number of aromatic amines is 1. The first-order valence-corrected chi connectivity index (χ1v) is 12.1. The number of hydrogen-bond donors (Lipinski definition) is 1. The summed E-state index contributed by atoms with van der Waals surface area (Å²) in [4.78, 5) is 4.90. The highest BCUT2D eigenvalue weighted by Gasteiger charge is 2.23. The van der Waals surface area contributed by atoms with Crippen molar-refractivity contribution in [1.29, 1.82) is 0 Å². The van der Waals surface area contributed by atoms with Crippen molar-refractivity contribution in [2.24, 2.45) is 0 Å². The van der Waals surface area contributed by atoms with Gasteiger partial charge in [0.2, 0.25) is 5.82 Å². The quantitative estimate of drug-likeness (QED) is 0.361. The van der Waals surface area contributed by atoms with Crippen LogP contribution >= 0.6 is 0 Å². The second kappa shape index (κ2) is 9.26. The van der Waals surface area contributed by atoms with Crippen molar-refractivity contribution in [3.05, 3.63) is 113 Å². The number of hydrogen-bond acceptors (Lipinski definition) is 5. The minimum atomic E-state index is 0.489. The number of aromatic nitrogens is 6. The summed E-state index contributed by atoms with van der Waals surface area (Å²) in [5, 5.41) is 14.8. The molecular weight excluding hydrogens is 448 g/mol. The van der Waals surface area contributed by atoms with Crippen molar-refractivity contribution in [2.45, 2.75) is 33.4 Å².